The molecule has 13 heteroatoms. The topological polar surface area (TPSA) is 24.1 Å². The first-order valence-electron chi connectivity index (χ1n) is 5.07. The van der Waals surface area contributed by atoms with Crippen molar-refractivity contribution in [1.82, 2.24) is 10.6 Å². The third kappa shape index (κ3) is 184. The van der Waals surface area contributed by atoms with E-state index in [4.69, 9.17) is 0 Å². The minimum Gasteiger partial charge on any atom is -0.418 e. The fourth-order valence-electron chi connectivity index (χ4n) is 0.530. The Balaban J connectivity index is -0.0000000906. The summed E-state index contributed by atoms with van der Waals surface area (Å²) in [5.41, 5.74) is 0. The zero-order valence-corrected chi connectivity index (χ0v) is 11.3. The average molecular weight is 353 g/mol. The molecule has 0 unspecified atom stereocenters. The quantitative estimate of drug-likeness (QED) is 0.451. The van der Waals surface area contributed by atoms with Crippen LogP contribution in [0.1, 0.15) is 13.8 Å². The summed E-state index contributed by atoms with van der Waals surface area (Å²) in [4.78, 5) is 0. The van der Waals surface area contributed by atoms with Gasteiger partial charge in [0.1, 0.15) is 0 Å². The summed E-state index contributed by atoms with van der Waals surface area (Å²) in [6, 6.07) is 0. The van der Waals surface area contributed by atoms with Gasteiger partial charge in [0.15, 0.2) is 0 Å². The molecule has 0 saturated heterocycles. The van der Waals surface area contributed by atoms with Crippen molar-refractivity contribution < 1.29 is 51.6 Å². The Labute approximate surface area is 117 Å². The number of rotatable bonds is 5. The van der Waals surface area contributed by atoms with Gasteiger partial charge >= 0.3 is 31.6 Å². The van der Waals surface area contributed by atoms with Crippen LogP contribution in [0.4, 0.5) is 34.5 Å². The average Bonchev–Trinajstić information content (AvgIpc) is 2.07. The maximum absolute atomic E-state index is 9.75. The molecule has 2 N–H and O–H groups in total. The molecule has 0 saturated carbocycles. The van der Waals surface area contributed by atoms with E-state index in [1.54, 1.807) is 0 Å². The fourth-order valence-corrected chi connectivity index (χ4v) is 0.530. The minimum atomic E-state index is -6.00. The van der Waals surface area contributed by atoms with E-state index >= 15 is 0 Å². The molecule has 123 valence electrons. The molecule has 0 spiro atoms. The summed E-state index contributed by atoms with van der Waals surface area (Å²) in [7, 11) is -12.0. The van der Waals surface area contributed by atoms with Gasteiger partial charge in [0.25, 0.3) is 0 Å². The molecular formula is C6H16B2CuF8N2. The molecule has 0 aliphatic rings. The van der Waals surface area contributed by atoms with E-state index < -0.39 is 14.5 Å². The molecule has 0 aliphatic carbocycles. The van der Waals surface area contributed by atoms with Gasteiger partial charge in [-0.2, -0.15) is 0 Å². The fraction of sp³-hybridized carbons (Fsp3) is 1.00. The van der Waals surface area contributed by atoms with Crippen molar-refractivity contribution in [3.05, 3.63) is 0 Å². The SMILES string of the molecule is CCNCCNCC.F[B-](F)(F)F.F[B-](F)(F)F.[Cu+2]. The Morgan fingerprint density at radius 2 is 0.789 bits per heavy atom. The van der Waals surface area contributed by atoms with E-state index in [1.807, 2.05) is 0 Å². The summed E-state index contributed by atoms with van der Waals surface area (Å²) in [6.07, 6.45) is 0. The third-order valence-corrected chi connectivity index (χ3v) is 0.979. The van der Waals surface area contributed by atoms with Crippen LogP contribution < -0.4 is 10.6 Å². The van der Waals surface area contributed by atoms with Crippen LogP contribution in [-0.4, -0.2) is 40.7 Å². The van der Waals surface area contributed by atoms with E-state index in [-0.39, 0.29) is 17.1 Å². The van der Waals surface area contributed by atoms with Crippen molar-refractivity contribution in [3.8, 4) is 0 Å². The number of nitrogens with one attached hydrogen (secondary N) is 2. The second-order valence-corrected chi connectivity index (χ2v) is 2.70. The third-order valence-electron chi connectivity index (χ3n) is 0.979. The van der Waals surface area contributed by atoms with Gasteiger partial charge in [0.05, 0.1) is 0 Å². The van der Waals surface area contributed by atoms with Crippen LogP contribution in [0.5, 0.6) is 0 Å². The van der Waals surface area contributed by atoms with Crippen LogP contribution in [-0.2, 0) is 17.1 Å². The maximum Gasteiger partial charge on any atom is 2.00 e. The standard InChI is InChI=1S/C6H16N2.2BF4.Cu/c1-3-7-5-6-8-4-2;2*2-1(3,4)5;/h7-8H,3-6H2,1-2H3;;;/q;2*-1;+2. The van der Waals surface area contributed by atoms with Crippen molar-refractivity contribution in [1.29, 1.82) is 0 Å². The Morgan fingerprint density at radius 3 is 0.895 bits per heavy atom. The van der Waals surface area contributed by atoms with Crippen molar-refractivity contribution in [3.63, 3.8) is 0 Å². The second kappa shape index (κ2) is 16.1. The normalized spacial score (nSPS) is 10.4. The van der Waals surface area contributed by atoms with Gasteiger partial charge in [0.2, 0.25) is 0 Å². The van der Waals surface area contributed by atoms with E-state index in [1.165, 1.54) is 0 Å². The predicted molar refractivity (Wildman–Crippen MR) is 57.5 cm³/mol. The van der Waals surface area contributed by atoms with Gasteiger partial charge in [-0.15, -0.1) is 0 Å². The smallest absolute Gasteiger partial charge is 0.418 e. The number of likely N-dealkylation sites (N-methyl/N-ethyl adjacent to an activating group) is 2. The van der Waals surface area contributed by atoms with Gasteiger partial charge in [-0.05, 0) is 13.1 Å². The molecule has 0 heterocycles. The number of halogens is 8. The summed E-state index contributed by atoms with van der Waals surface area (Å²) < 4.78 is 78.0. The molecule has 0 aromatic carbocycles. The molecule has 0 rings (SSSR count). The van der Waals surface area contributed by atoms with E-state index in [9.17, 15) is 34.5 Å². The van der Waals surface area contributed by atoms with Crippen LogP contribution in [0.2, 0.25) is 0 Å². The van der Waals surface area contributed by atoms with Crippen LogP contribution in [0, 0.1) is 0 Å². The van der Waals surface area contributed by atoms with Crippen molar-refractivity contribution in [2.24, 2.45) is 0 Å². The molecule has 19 heavy (non-hydrogen) atoms. The first kappa shape index (κ1) is 27.4. The van der Waals surface area contributed by atoms with Crippen LogP contribution in [0.3, 0.4) is 0 Å². The molecule has 0 amide bonds. The molecular weight excluding hydrogens is 337 g/mol. The number of hydrogen-bond acceptors (Lipinski definition) is 2. The molecule has 0 bridgehead atoms. The minimum absolute atomic E-state index is 0. The summed E-state index contributed by atoms with van der Waals surface area (Å²) in [5, 5.41) is 6.44. The monoisotopic (exact) mass is 353 g/mol. The maximum atomic E-state index is 9.75. The zero-order valence-electron chi connectivity index (χ0n) is 10.3. The van der Waals surface area contributed by atoms with Crippen molar-refractivity contribution in [2.75, 3.05) is 26.2 Å². The Bertz CT molecular complexity index is 138. The van der Waals surface area contributed by atoms with Crippen molar-refractivity contribution >= 4 is 14.5 Å². The predicted octanol–water partition coefficient (Wildman–Crippen LogP) is 2.80. The largest absolute Gasteiger partial charge is 2.00 e. The molecule has 0 aromatic heterocycles. The van der Waals surface area contributed by atoms with Crippen molar-refractivity contribution in [2.45, 2.75) is 13.8 Å². The first-order chi connectivity index (χ1) is 7.91. The summed E-state index contributed by atoms with van der Waals surface area (Å²) in [6.45, 7) is 8.56. The Morgan fingerprint density at radius 1 is 0.632 bits per heavy atom. The van der Waals surface area contributed by atoms with Crippen LogP contribution in [0.25, 0.3) is 0 Å². The molecule has 0 fully saturated rings. The van der Waals surface area contributed by atoms with Crippen LogP contribution in [0.15, 0.2) is 0 Å². The first-order valence-corrected chi connectivity index (χ1v) is 5.07. The summed E-state index contributed by atoms with van der Waals surface area (Å²) in [5.74, 6) is 0. The van der Waals surface area contributed by atoms with Gasteiger partial charge < -0.3 is 45.2 Å². The van der Waals surface area contributed by atoms with Crippen LogP contribution >= 0.6 is 0 Å². The number of hydrogen-bond donors (Lipinski definition) is 2. The molecule has 2 nitrogen and oxygen atoms in total. The molecule has 1 radical (unpaired) electrons. The van der Waals surface area contributed by atoms with E-state index in [0.717, 1.165) is 26.2 Å². The Hall–Kier alpha value is 0.00935. The van der Waals surface area contributed by atoms with Gasteiger partial charge in [-0.1, -0.05) is 13.8 Å². The Kier molecular flexibility index (Phi) is 23.1. The zero-order chi connectivity index (χ0) is 15.2. The second-order valence-electron chi connectivity index (χ2n) is 2.70. The van der Waals surface area contributed by atoms with Gasteiger partial charge in [-0.25, -0.2) is 0 Å². The van der Waals surface area contributed by atoms with E-state index in [0.29, 0.717) is 0 Å². The summed E-state index contributed by atoms with van der Waals surface area (Å²) >= 11 is 0. The van der Waals surface area contributed by atoms with Gasteiger partial charge in [-0.3, -0.25) is 0 Å². The molecule has 0 atom stereocenters. The molecule has 0 aliphatic heterocycles. The van der Waals surface area contributed by atoms with Gasteiger partial charge in [0, 0.05) is 13.1 Å². The molecule has 0 aromatic rings. The van der Waals surface area contributed by atoms with E-state index in [2.05, 4.69) is 24.5 Å².